The molecule has 1 unspecified atom stereocenters. The molecule has 1 aromatic rings. The van der Waals surface area contributed by atoms with Gasteiger partial charge < -0.3 is 11.1 Å². The summed E-state index contributed by atoms with van der Waals surface area (Å²) >= 11 is 0. The Hall–Kier alpha value is -1.30. The number of hydrogen-bond donors (Lipinski definition) is 2. The van der Waals surface area contributed by atoms with Crippen molar-refractivity contribution < 1.29 is 13.2 Å². The summed E-state index contributed by atoms with van der Waals surface area (Å²) in [7, 11) is 0. The third-order valence-electron chi connectivity index (χ3n) is 2.10. The molecule has 0 aliphatic rings. The second-order valence-corrected chi connectivity index (χ2v) is 3.52. The van der Waals surface area contributed by atoms with Crippen molar-refractivity contribution in [1.29, 1.82) is 0 Å². The van der Waals surface area contributed by atoms with Crippen molar-refractivity contribution in [1.82, 2.24) is 4.98 Å². The molecule has 0 saturated carbocycles. The van der Waals surface area contributed by atoms with Crippen LogP contribution in [0, 0.1) is 0 Å². The van der Waals surface area contributed by atoms with Gasteiger partial charge in [-0.15, -0.1) is 0 Å². The lowest BCUT2D eigenvalue weighted by atomic mass is 10.2. The maximum absolute atomic E-state index is 12.6. The summed E-state index contributed by atoms with van der Waals surface area (Å²) in [5.41, 5.74) is 4.57. The van der Waals surface area contributed by atoms with Crippen molar-refractivity contribution in [3.63, 3.8) is 0 Å². The van der Waals surface area contributed by atoms with E-state index in [1.165, 1.54) is 12.3 Å². The summed E-state index contributed by atoms with van der Waals surface area (Å²) in [5.74, 6) is -0.143. The first kappa shape index (κ1) is 12.8. The average molecular weight is 233 g/mol. The van der Waals surface area contributed by atoms with Gasteiger partial charge in [0.05, 0.1) is 5.56 Å². The lowest BCUT2D eigenvalue weighted by molar-refractivity contribution is -0.137. The van der Waals surface area contributed by atoms with E-state index in [2.05, 4.69) is 10.3 Å². The van der Waals surface area contributed by atoms with Crippen molar-refractivity contribution in [2.24, 2.45) is 5.73 Å². The van der Waals surface area contributed by atoms with Crippen LogP contribution in [0.15, 0.2) is 18.3 Å². The van der Waals surface area contributed by atoms with Crippen LogP contribution in [0.3, 0.4) is 0 Å². The highest BCUT2D eigenvalue weighted by Gasteiger charge is 2.34. The molecule has 0 radical (unpaired) electrons. The van der Waals surface area contributed by atoms with Gasteiger partial charge in [-0.25, -0.2) is 4.98 Å². The molecular weight excluding hydrogens is 219 g/mol. The third kappa shape index (κ3) is 3.37. The maximum Gasteiger partial charge on any atom is 0.419 e. The number of hydrogen-bond acceptors (Lipinski definition) is 3. The first-order valence-corrected chi connectivity index (χ1v) is 4.94. The highest BCUT2D eigenvalue weighted by molar-refractivity contribution is 5.46. The van der Waals surface area contributed by atoms with Crippen LogP contribution in [0.2, 0.25) is 0 Å². The highest BCUT2D eigenvalue weighted by atomic mass is 19.4. The summed E-state index contributed by atoms with van der Waals surface area (Å²) in [6.45, 7) is 2.18. The number of alkyl halides is 3. The van der Waals surface area contributed by atoms with E-state index in [-0.39, 0.29) is 11.9 Å². The standard InChI is InChI=1S/C10H14F3N3/c1-7(4-5-14)16-9-8(10(11,12)13)3-2-6-15-9/h2-3,6-7H,4-5,14H2,1H3,(H,15,16). The van der Waals surface area contributed by atoms with E-state index in [0.717, 1.165) is 6.07 Å². The summed E-state index contributed by atoms with van der Waals surface area (Å²) < 4.78 is 37.7. The van der Waals surface area contributed by atoms with Crippen molar-refractivity contribution in [2.45, 2.75) is 25.6 Å². The number of rotatable bonds is 4. The van der Waals surface area contributed by atoms with Gasteiger partial charge in [0.15, 0.2) is 0 Å². The second kappa shape index (κ2) is 5.16. The Morgan fingerprint density at radius 1 is 1.50 bits per heavy atom. The van der Waals surface area contributed by atoms with Crippen LogP contribution >= 0.6 is 0 Å². The number of nitrogens with zero attached hydrogens (tertiary/aromatic N) is 1. The molecule has 0 fully saturated rings. The Bertz CT molecular complexity index is 338. The van der Waals surface area contributed by atoms with Crippen LogP contribution in [0.1, 0.15) is 18.9 Å². The zero-order valence-corrected chi connectivity index (χ0v) is 8.88. The van der Waals surface area contributed by atoms with Crippen LogP contribution in [0.5, 0.6) is 0 Å². The summed E-state index contributed by atoms with van der Waals surface area (Å²) in [6.07, 6.45) is -2.47. The molecule has 3 nitrogen and oxygen atoms in total. The molecule has 0 saturated heterocycles. The smallest absolute Gasteiger partial charge is 0.367 e. The number of aromatic nitrogens is 1. The fourth-order valence-electron chi connectivity index (χ4n) is 1.30. The Balaban J connectivity index is 2.87. The molecule has 1 rings (SSSR count). The predicted molar refractivity (Wildman–Crippen MR) is 56.0 cm³/mol. The lowest BCUT2D eigenvalue weighted by Crippen LogP contribution is -2.22. The predicted octanol–water partition coefficient (Wildman–Crippen LogP) is 2.25. The number of pyridine rings is 1. The van der Waals surface area contributed by atoms with E-state index >= 15 is 0 Å². The zero-order valence-electron chi connectivity index (χ0n) is 8.88. The van der Waals surface area contributed by atoms with E-state index in [4.69, 9.17) is 5.73 Å². The highest BCUT2D eigenvalue weighted by Crippen LogP contribution is 2.33. The molecular formula is C10H14F3N3. The summed E-state index contributed by atoms with van der Waals surface area (Å²) in [4.78, 5) is 3.70. The maximum atomic E-state index is 12.6. The summed E-state index contributed by atoms with van der Waals surface area (Å²) in [5, 5.41) is 2.71. The fourth-order valence-corrected chi connectivity index (χ4v) is 1.30. The van der Waals surface area contributed by atoms with Gasteiger partial charge in [-0.1, -0.05) is 0 Å². The van der Waals surface area contributed by atoms with Crippen molar-refractivity contribution in [2.75, 3.05) is 11.9 Å². The topological polar surface area (TPSA) is 50.9 Å². The van der Waals surface area contributed by atoms with E-state index < -0.39 is 11.7 Å². The van der Waals surface area contributed by atoms with Crippen LogP contribution in [-0.4, -0.2) is 17.6 Å². The Morgan fingerprint density at radius 2 is 2.19 bits per heavy atom. The van der Waals surface area contributed by atoms with Gasteiger partial charge in [-0.3, -0.25) is 0 Å². The molecule has 1 atom stereocenters. The molecule has 90 valence electrons. The van der Waals surface area contributed by atoms with Crippen LogP contribution in [-0.2, 0) is 6.18 Å². The number of anilines is 1. The summed E-state index contributed by atoms with van der Waals surface area (Å²) in [6, 6.07) is 2.13. The Kier molecular flexibility index (Phi) is 4.12. The number of halogens is 3. The van der Waals surface area contributed by atoms with Crippen LogP contribution in [0.4, 0.5) is 19.0 Å². The molecule has 0 bridgehead atoms. The molecule has 3 N–H and O–H groups in total. The minimum absolute atomic E-state index is 0.138. The fraction of sp³-hybridized carbons (Fsp3) is 0.500. The normalized spacial score (nSPS) is 13.6. The monoisotopic (exact) mass is 233 g/mol. The Labute approximate surface area is 91.9 Å². The number of nitrogens with one attached hydrogen (secondary N) is 1. The van der Waals surface area contributed by atoms with Gasteiger partial charge in [0.2, 0.25) is 0 Å². The molecule has 1 aromatic heterocycles. The Morgan fingerprint density at radius 3 is 2.75 bits per heavy atom. The first-order valence-electron chi connectivity index (χ1n) is 4.94. The molecule has 0 amide bonds. The molecule has 1 heterocycles. The average Bonchev–Trinajstić information content (AvgIpc) is 2.17. The lowest BCUT2D eigenvalue weighted by Gasteiger charge is -2.17. The third-order valence-corrected chi connectivity index (χ3v) is 2.10. The molecule has 0 aliphatic heterocycles. The molecule has 6 heteroatoms. The zero-order chi connectivity index (χ0) is 12.2. The van der Waals surface area contributed by atoms with Gasteiger partial charge in [-0.05, 0) is 32.0 Å². The molecule has 0 aliphatic carbocycles. The van der Waals surface area contributed by atoms with Gasteiger partial charge in [0, 0.05) is 12.2 Å². The molecule has 0 spiro atoms. The van der Waals surface area contributed by atoms with E-state index in [1.54, 1.807) is 6.92 Å². The van der Waals surface area contributed by atoms with Gasteiger partial charge in [-0.2, -0.15) is 13.2 Å². The van der Waals surface area contributed by atoms with Gasteiger partial charge in [0.25, 0.3) is 0 Å². The largest absolute Gasteiger partial charge is 0.419 e. The second-order valence-electron chi connectivity index (χ2n) is 3.52. The van der Waals surface area contributed by atoms with Crippen LogP contribution < -0.4 is 11.1 Å². The molecule has 0 aromatic carbocycles. The minimum Gasteiger partial charge on any atom is -0.367 e. The minimum atomic E-state index is -4.39. The van der Waals surface area contributed by atoms with E-state index in [0.29, 0.717) is 13.0 Å². The van der Waals surface area contributed by atoms with Gasteiger partial charge >= 0.3 is 6.18 Å². The first-order chi connectivity index (χ1) is 7.45. The van der Waals surface area contributed by atoms with Crippen molar-refractivity contribution >= 4 is 5.82 Å². The van der Waals surface area contributed by atoms with E-state index in [9.17, 15) is 13.2 Å². The number of nitrogens with two attached hydrogens (primary N) is 1. The van der Waals surface area contributed by atoms with E-state index in [1.807, 2.05) is 0 Å². The van der Waals surface area contributed by atoms with Crippen molar-refractivity contribution in [3.05, 3.63) is 23.9 Å². The van der Waals surface area contributed by atoms with Gasteiger partial charge in [0.1, 0.15) is 5.82 Å². The van der Waals surface area contributed by atoms with Crippen molar-refractivity contribution in [3.8, 4) is 0 Å². The quantitative estimate of drug-likeness (QED) is 0.838. The molecule has 16 heavy (non-hydrogen) atoms. The van der Waals surface area contributed by atoms with Crippen LogP contribution in [0.25, 0.3) is 0 Å². The SMILES string of the molecule is CC(CCN)Nc1ncccc1C(F)(F)F.